The van der Waals surface area contributed by atoms with Crippen LogP contribution in [0.15, 0.2) is 60.7 Å². The summed E-state index contributed by atoms with van der Waals surface area (Å²) >= 11 is 0. The SMILES string of the molecule is [CH2]NN(CC)c1ccc2c(c1)Oc1cc(C)ccc1C21OC(=O)c2ccccc21. The van der Waals surface area contributed by atoms with Crippen LogP contribution in [0.4, 0.5) is 5.69 Å². The van der Waals surface area contributed by atoms with Gasteiger partial charge in [-0.2, -0.15) is 0 Å². The second-order valence-corrected chi connectivity index (χ2v) is 7.30. The highest BCUT2D eigenvalue weighted by atomic mass is 16.6. The zero-order chi connectivity index (χ0) is 20.2. The summed E-state index contributed by atoms with van der Waals surface area (Å²) in [5.74, 6) is 1.04. The van der Waals surface area contributed by atoms with E-state index in [-0.39, 0.29) is 5.97 Å². The van der Waals surface area contributed by atoms with E-state index in [0.29, 0.717) is 17.1 Å². The molecule has 1 radical (unpaired) electrons. The van der Waals surface area contributed by atoms with Crippen LogP contribution >= 0.6 is 0 Å². The predicted octanol–water partition coefficient (Wildman–Crippen LogP) is 4.69. The highest BCUT2D eigenvalue weighted by Gasteiger charge is 2.53. The third-order valence-electron chi connectivity index (χ3n) is 5.67. The van der Waals surface area contributed by atoms with Crippen LogP contribution in [0.1, 0.15) is 39.5 Å². The van der Waals surface area contributed by atoms with Gasteiger partial charge in [-0.3, -0.25) is 0 Å². The Labute approximate surface area is 169 Å². The maximum absolute atomic E-state index is 12.8. The van der Waals surface area contributed by atoms with Crippen LogP contribution in [0.25, 0.3) is 0 Å². The number of esters is 1. The molecule has 1 atom stereocenters. The number of hydrogen-bond acceptors (Lipinski definition) is 5. The lowest BCUT2D eigenvalue weighted by molar-refractivity contribution is 0.0224. The normalized spacial score (nSPS) is 18.5. The maximum Gasteiger partial charge on any atom is 0.340 e. The fourth-order valence-corrected chi connectivity index (χ4v) is 4.33. The van der Waals surface area contributed by atoms with Gasteiger partial charge < -0.3 is 14.5 Å². The third-order valence-corrected chi connectivity index (χ3v) is 5.67. The van der Waals surface area contributed by atoms with Crippen LogP contribution in [-0.2, 0) is 10.3 Å². The highest BCUT2D eigenvalue weighted by molar-refractivity contribution is 5.97. The second-order valence-electron chi connectivity index (χ2n) is 7.30. The number of aryl methyl sites for hydroxylation is 1. The molecular formula is C24H21N2O3. The van der Waals surface area contributed by atoms with E-state index in [1.807, 2.05) is 79.5 Å². The largest absolute Gasteiger partial charge is 0.456 e. The van der Waals surface area contributed by atoms with Gasteiger partial charge in [-0.05, 0) is 43.7 Å². The molecule has 0 saturated heterocycles. The number of ether oxygens (including phenoxy) is 2. The van der Waals surface area contributed by atoms with Crippen LogP contribution in [0.5, 0.6) is 11.5 Å². The van der Waals surface area contributed by atoms with Gasteiger partial charge in [0.2, 0.25) is 0 Å². The minimum atomic E-state index is -1.02. The summed E-state index contributed by atoms with van der Waals surface area (Å²) in [4.78, 5) is 12.8. The van der Waals surface area contributed by atoms with Gasteiger partial charge in [-0.25, -0.2) is 10.2 Å². The summed E-state index contributed by atoms with van der Waals surface area (Å²) in [5.41, 5.74) is 6.99. The fraction of sp³-hybridized carbons (Fsp3) is 0.167. The summed E-state index contributed by atoms with van der Waals surface area (Å²) < 4.78 is 12.5. The molecular weight excluding hydrogens is 364 g/mol. The van der Waals surface area contributed by atoms with Crippen molar-refractivity contribution in [3.05, 3.63) is 95.5 Å². The molecule has 0 aliphatic carbocycles. The number of rotatable bonds is 3. The average Bonchev–Trinajstić information content (AvgIpc) is 3.02. The Bertz CT molecular complexity index is 1140. The number of nitrogens with zero attached hydrogens (tertiary/aromatic N) is 1. The van der Waals surface area contributed by atoms with Crippen molar-refractivity contribution in [2.75, 3.05) is 11.6 Å². The van der Waals surface area contributed by atoms with Crippen molar-refractivity contribution in [3.8, 4) is 11.5 Å². The summed E-state index contributed by atoms with van der Waals surface area (Å²) in [5, 5.41) is 1.91. The lowest BCUT2D eigenvalue weighted by Gasteiger charge is -2.37. The number of carbonyl (C=O) groups excluding carboxylic acids is 1. The first-order valence-corrected chi connectivity index (χ1v) is 9.65. The first-order chi connectivity index (χ1) is 14.1. The lowest BCUT2D eigenvalue weighted by atomic mass is 9.77. The number of benzene rings is 3. The van der Waals surface area contributed by atoms with E-state index in [1.54, 1.807) is 0 Å². The Morgan fingerprint density at radius 2 is 1.72 bits per heavy atom. The first kappa shape index (κ1) is 17.8. The molecule has 3 aromatic carbocycles. The number of fused-ring (bicyclic) bond motifs is 6. The summed E-state index contributed by atoms with van der Waals surface area (Å²) in [6.45, 7) is 4.79. The Morgan fingerprint density at radius 1 is 1.00 bits per heavy atom. The van der Waals surface area contributed by atoms with E-state index in [2.05, 4.69) is 12.5 Å². The molecule has 5 heteroatoms. The van der Waals surface area contributed by atoms with Crippen molar-refractivity contribution in [2.45, 2.75) is 19.4 Å². The van der Waals surface area contributed by atoms with Crippen LogP contribution < -0.4 is 15.2 Å². The maximum atomic E-state index is 12.8. The van der Waals surface area contributed by atoms with Crippen LogP contribution in [0.3, 0.4) is 0 Å². The Morgan fingerprint density at radius 3 is 2.48 bits per heavy atom. The van der Waals surface area contributed by atoms with Crippen LogP contribution in [0, 0.1) is 14.0 Å². The minimum Gasteiger partial charge on any atom is -0.456 e. The van der Waals surface area contributed by atoms with E-state index in [0.717, 1.165) is 34.5 Å². The molecule has 0 saturated carbocycles. The van der Waals surface area contributed by atoms with Crippen molar-refractivity contribution in [3.63, 3.8) is 0 Å². The fourth-order valence-electron chi connectivity index (χ4n) is 4.33. The van der Waals surface area contributed by atoms with Gasteiger partial charge in [-0.1, -0.05) is 30.3 Å². The standard InChI is InChI=1S/C24H21N2O3/c1-4-26(25-3)16-10-12-20-22(14-16)28-21-13-15(2)9-11-19(21)24(20)18-8-6-5-7-17(18)23(27)29-24/h5-14,25H,3-4H2,1-2H3. The lowest BCUT2D eigenvalue weighted by Crippen LogP contribution is -2.35. The van der Waals surface area contributed by atoms with E-state index in [9.17, 15) is 4.79 Å². The highest BCUT2D eigenvalue weighted by Crippen LogP contribution is 2.56. The van der Waals surface area contributed by atoms with Crippen LogP contribution in [0.2, 0.25) is 0 Å². The topological polar surface area (TPSA) is 50.8 Å². The molecule has 5 rings (SSSR count). The second kappa shape index (κ2) is 6.36. The van der Waals surface area contributed by atoms with Gasteiger partial charge >= 0.3 is 5.97 Å². The van der Waals surface area contributed by atoms with E-state index >= 15 is 0 Å². The molecule has 2 heterocycles. The molecule has 0 aromatic heterocycles. The quantitative estimate of drug-likeness (QED) is 0.524. The summed E-state index contributed by atoms with van der Waals surface area (Å²) in [7, 11) is 3.77. The molecule has 0 bridgehead atoms. The zero-order valence-electron chi connectivity index (χ0n) is 16.4. The monoisotopic (exact) mass is 385 g/mol. The van der Waals surface area contributed by atoms with Gasteiger partial charge in [0, 0.05) is 36.3 Å². The van der Waals surface area contributed by atoms with Gasteiger partial charge in [0.1, 0.15) is 11.5 Å². The van der Waals surface area contributed by atoms with E-state index in [4.69, 9.17) is 9.47 Å². The molecule has 1 N–H and O–H groups in total. The van der Waals surface area contributed by atoms with Crippen molar-refractivity contribution in [1.82, 2.24) is 5.43 Å². The summed E-state index contributed by atoms with van der Waals surface area (Å²) in [6.07, 6.45) is 0. The smallest absolute Gasteiger partial charge is 0.340 e. The molecule has 3 aromatic rings. The molecule has 2 aliphatic rings. The molecule has 0 fully saturated rings. The van der Waals surface area contributed by atoms with Crippen molar-refractivity contribution in [1.29, 1.82) is 0 Å². The molecule has 1 unspecified atom stereocenters. The molecule has 5 nitrogen and oxygen atoms in total. The number of carbonyl (C=O) groups is 1. The zero-order valence-corrected chi connectivity index (χ0v) is 16.4. The molecule has 0 amide bonds. The first-order valence-electron chi connectivity index (χ1n) is 9.65. The molecule has 145 valence electrons. The van der Waals surface area contributed by atoms with Crippen molar-refractivity contribution < 1.29 is 14.3 Å². The van der Waals surface area contributed by atoms with Crippen molar-refractivity contribution >= 4 is 11.7 Å². The number of hydrogen-bond donors (Lipinski definition) is 1. The predicted molar refractivity (Wildman–Crippen MR) is 111 cm³/mol. The molecule has 2 aliphatic heterocycles. The van der Waals surface area contributed by atoms with Gasteiger partial charge in [-0.15, -0.1) is 0 Å². The third kappa shape index (κ3) is 2.41. The molecule has 1 spiro atoms. The van der Waals surface area contributed by atoms with Gasteiger partial charge in [0.15, 0.2) is 5.60 Å². The van der Waals surface area contributed by atoms with E-state index in [1.165, 1.54) is 0 Å². The Kier molecular flexibility index (Phi) is 3.89. The average molecular weight is 385 g/mol. The number of anilines is 1. The Balaban J connectivity index is 1.80. The molecule has 29 heavy (non-hydrogen) atoms. The van der Waals surface area contributed by atoms with Gasteiger partial charge in [0.05, 0.1) is 11.3 Å². The van der Waals surface area contributed by atoms with Crippen LogP contribution in [-0.4, -0.2) is 12.5 Å². The van der Waals surface area contributed by atoms with Gasteiger partial charge in [0.25, 0.3) is 0 Å². The Hall–Kier alpha value is -3.31. The van der Waals surface area contributed by atoms with E-state index < -0.39 is 5.60 Å². The minimum absolute atomic E-state index is 0.321. The summed E-state index contributed by atoms with van der Waals surface area (Å²) in [6, 6.07) is 19.5. The van der Waals surface area contributed by atoms with Crippen molar-refractivity contribution in [2.24, 2.45) is 0 Å². The number of nitrogens with one attached hydrogen (secondary N) is 1. The number of hydrazine groups is 1.